The van der Waals surface area contributed by atoms with Gasteiger partial charge < -0.3 is 14.2 Å². The molecule has 0 saturated carbocycles. The van der Waals surface area contributed by atoms with Gasteiger partial charge in [-0.15, -0.1) is 0 Å². The molecular weight excluding hydrogens is 433 g/mol. The van der Waals surface area contributed by atoms with E-state index in [1.54, 1.807) is 43.0 Å². The summed E-state index contributed by atoms with van der Waals surface area (Å²) in [6, 6.07) is 12.3. The number of pyridine rings is 2. The summed E-state index contributed by atoms with van der Waals surface area (Å²) in [4.78, 5) is 21.9. The van der Waals surface area contributed by atoms with Gasteiger partial charge in [0.05, 0.1) is 17.8 Å². The van der Waals surface area contributed by atoms with Crippen molar-refractivity contribution in [3.05, 3.63) is 69.4 Å². The van der Waals surface area contributed by atoms with Crippen LogP contribution >= 0.6 is 0 Å². The predicted molar refractivity (Wildman–Crippen MR) is 130 cm³/mol. The van der Waals surface area contributed by atoms with Crippen LogP contribution in [0.1, 0.15) is 43.6 Å². The number of anilines is 1. The Morgan fingerprint density at radius 2 is 1.97 bits per heavy atom. The third-order valence-corrected chi connectivity index (χ3v) is 6.88. The van der Waals surface area contributed by atoms with Gasteiger partial charge in [-0.3, -0.25) is 9.69 Å². The Morgan fingerprint density at radius 3 is 2.68 bits per heavy atom. The van der Waals surface area contributed by atoms with Gasteiger partial charge in [0.1, 0.15) is 23.1 Å². The molecule has 3 heterocycles. The molecule has 0 bridgehead atoms. The molecule has 0 radical (unpaired) electrons. The third kappa shape index (κ3) is 4.29. The maximum absolute atomic E-state index is 13.9. The van der Waals surface area contributed by atoms with Crippen LogP contribution in [0.3, 0.4) is 0 Å². The van der Waals surface area contributed by atoms with Gasteiger partial charge >= 0.3 is 0 Å². The van der Waals surface area contributed by atoms with Gasteiger partial charge in [-0.25, -0.2) is 9.37 Å². The van der Waals surface area contributed by atoms with Gasteiger partial charge in [-0.1, -0.05) is 6.07 Å². The second-order valence-electron chi connectivity index (χ2n) is 9.10. The van der Waals surface area contributed by atoms with Crippen LogP contribution in [-0.2, 0) is 18.4 Å². The summed E-state index contributed by atoms with van der Waals surface area (Å²) in [6.45, 7) is 8.22. The number of aryl methyl sites for hydroxylation is 1. The van der Waals surface area contributed by atoms with Gasteiger partial charge in [0.2, 0.25) is 0 Å². The van der Waals surface area contributed by atoms with Crippen molar-refractivity contribution in [3.8, 4) is 6.07 Å². The minimum Gasteiger partial charge on any atom is -0.380 e. The summed E-state index contributed by atoms with van der Waals surface area (Å²) in [7, 11) is 3.33. The number of nitriles is 1. The number of fused-ring (bicyclic) bond motifs is 1. The Kier molecular flexibility index (Phi) is 6.69. The average molecular weight is 464 g/mol. The van der Waals surface area contributed by atoms with Crippen LogP contribution in [0.2, 0.25) is 0 Å². The minimum absolute atomic E-state index is 0.0639. The number of piperazine rings is 1. The zero-order chi connectivity index (χ0) is 24.6. The van der Waals surface area contributed by atoms with Gasteiger partial charge in [-0.05, 0) is 56.2 Å². The highest BCUT2D eigenvalue weighted by atomic mass is 19.1. The van der Waals surface area contributed by atoms with Crippen molar-refractivity contribution in [2.24, 2.45) is 7.05 Å². The first-order valence-corrected chi connectivity index (χ1v) is 11.5. The van der Waals surface area contributed by atoms with Crippen molar-refractivity contribution >= 4 is 16.7 Å². The lowest BCUT2D eigenvalue weighted by molar-refractivity contribution is 0.116. The average Bonchev–Trinajstić information content (AvgIpc) is 2.82. The molecule has 7 nitrogen and oxygen atoms in total. The van der Waals surface area contributed by atoms with E-state index in [-0.39, 0.29) is 29.5 Å². The van der Waals surface area contributed by atoms with Crippen LogP contribution in [0.15, 0.2) is 41.2 Å². The molecule has 1 aliphatic rings. The minimum atomic E-state index is -0.268. The van der Waals surface area contributed by atoms with Crippen molar-refractivity contribution in [3.63, 3.8) is 0 Å². The summed E-state index contributed by atoms with van der Waals surface area (Å²) in [5.74, 6) is -0.268. The zero-order valence-electron chi connectivity index (χ0n) is 20.2. The van der Waals surface area contributed by atoms with Crippen LogP contribution < -0.4 is 10.5 Å². The van der Waals surface area contributed by atoms with E-state index < -0.39 is 0 Å². The monoisotopic (exact) mass is 463 g/mol. The van der Waals surface area contributed by atoms with Crippen molar-refractivity contribution in [1.29, 1.82) is 5.26 Å². The molecule has 1 aliphatic heterocycles. The molecule has 0 aliphatic carbocycles. The highest BCUT2D eigenvalue weighted by Crippen LogP contribution is 2.33. The topological polar surface area (TPSA) is 74.4 Å². The molecule has 3 atom stereocenters. The molecule has 3 aromatic rings. The smallest absolute Gasteiger partial charge is 0.252 e. The molecule has 1 fully saturated rings. The summed E-state index contributed by atoms with van der Waals surface area (Å²) >= 11 is 0. The first kappa shape index (κ1) is 23.9. The fourth-order valence-corrected chi connectivity index (χ4v) is 5.06. The van der Waals surface area contributed by atoms with Crippen LogP contribution in [0.4, 0.5) is 10.1 Å². The van der Waals surface area contributed by atoms with Crippen LogP contribution in [-0.4, -0.2) is 46.7 Å². The van der Waals surface area contributed by atoms with E-state index in [1.807, 2.05) is 6.07 Å². The van der Waals surface area contributed by atoms with Crippen LogP contribution in [0, 0.1) is 17.1 Å². The molecule has 1 unspecified atom stereocenters. The molecule has 178 valence electrons. The second-order valence-corrected chi connectivity index (χ2v) is 9.10. The lowest BCUT2D eigenvalue weighted by atomic mass is 9.96. The predicted octanol–water partition coefficient (Wildman–Crippen LogP) is 3.75. The Morgan fingerprint density at radius 1 is 1.21 bits per heavy atom. The Bertz CT molecular complexity index is 1320. The molecule has 0 spiro atoms. The second kappa shape index (κ2) is 9.53. The Hall–Kier alpha value is -3.28. The van der Waals surface area contributed by atoms with Crippen LogP contribution in [0.5, 0.6) is 0 Å². The molecule has 0 amide bonds. The quantitative estimate of drug-likeness (QED) is 0.574. The van der Waals surface area contributed by atoms with Gasteiger partial charge in [0, 0.05) is 51.4 Å². The molecule has 34 heavy (non-hydrogen) atoms. The standard InChI is InChI=1S/C26H30FN5O2/c1-16-14-32(24-11-25(33)30(4)23-9-7-21(12-28)29-26(23)24)17(2)13-31(16)18(3)22-8-6-20(27)10-19(22)15-34-5/h6-11,16-18H,13-15H2,1-5H3/t16-,17+,18?/m1/s1. The maximum atomic E-state index is 13.9. The van der Waals surface area contributed by atoms with E-state index in [9.17, 15) is 14.4 Å². The highest BCUT2D eigenvalue weighted by molar-refractivity contribution is 5.89. The third-order valence-electron chi connectivity index (χ3n) is 6.88. The molecule has 4 rings (SSSR count). The van der Waals surface area contributed by atoms with Crippen LogP contribution in [0.25, 0.3) is 11.0 Å². The Balaban J connectivity index is 1.68. The highest BCUT2D eigenvalue weighted by Gasteiger charge is 2.34. The molecular formula is C26H30FN5O2. The summed E-state index contributed by atoms with van der Waals surface area (Å²) in [5, 5.41) is 9.36. The molecule has 8 heteroatoms. The van der Waals surface area contributed by atoms with E-state index in [1.165, 1.54) is 6.07 Å². The van der Waals surface area contributed by atoms with E-state index in [0.717, 1.165) is 23.4 Å². The molecule has 1 saturated heterocycles. The largest absolute Gasteiger partial charge is 0.380 e. The Labute approximate surface area is 199 Å². The summed E-state index contributed by atoms with van der Waals surface area (Å²) in [5.41, 5.74) is 4.22. The maximum Gasteiger partial charge on any atom is 0.252 e. The first-order chi connectivity index (χ1) is 16.2. The zero-order valence-corrected chi connectivity index (χ0v) is 20.2. The SMILES string of the molecule is COCc1cc(F)ccc1C(C)N1C[C@H](C)N(c2cc(=O)n(C)c3ccc(C#N)nc23)C[C@H]1C. The number of hydrogen-bond donors (Lipinski definition) is 0. The van der Waals surface area contributed by atoms with E-state index in [2.05, 4.69) is 41.6 Å². The number of hydrogen-bond acceptors (Lipinski definition) is 6. The van der Waals surface area contributed by atoms with Gasteiger partial charge in [0.15, 0.2) is 0 Å². The number of methoxy groups -OCH3 is 1. The molecule has 1 aromatic carbocycles. The van der Waals surface area contributed by atoms with Gasteiger partial charge in [0.25, 0.3) is 5.56 Å². The number of nitrogens with zero attached hydrogens (tertiary/aromatic N) is 5. The van der Waals surface area contributed by atoms with Crippen molar-refractivity contribution in [2.45, 2.75) is 45.5 Å². The summed E-state index contributed by atoms with van der Waals surface area (Å²) in [6.07, 6.45) is 0. The van der Waals surface area contributed by atoms with Crippen molar-refractivity contribution in [1.82, 2.24) is 14.5 Å². The molecule has 0 N–H and O–H groups in total. The van der Waals surface area contributed by atoms with E-state index in [4.69, 9.17) is 4.74 Å². The van der Waals surface area contributed by atoms with Crippen molar-refractivity contribution in [2.75, 3.05) is 25.1 Å². The fraction of sp³-hybridized carbons (Fsp3) is 0.423. The number of rotatable bonds is 5. The lowest BCUT2D eigenvalue weighted by Gasteiger charge is -2.48. The van der Waals surface area contributed by atoms with E-state index in [0.29, 0.717) is 29.9 Å². The number of ether oxygens (including phenoxy) is 1. The number of benzene rings is 1. The first-order valence-electron chi connectivity index (χ1n) is 11.5. The normalized spacial score (nSPS) is 19.9. The number of halogens is 1. The summed E-state index contributed by atoms with van der Waals surface area (Å²) < 4.78 is 20.7. The van der Waals surface area contributed by atoms with Gasteiger partial charge in [-0.2, -0.15) is 5.26 Å². The lowest BCUT2D eigenvalue weighted by Crippen LogP contribution is -2.57. The fourth-order valence-electron chi connectivity index (χ4n) is 5.06. The van der Waals surface area contributed by atoms with Crippen molar-refractivity contribution < 1.29 is 9.13 Å². The van der Waals surface area contributed by atoms with E-state index >= 15 is 0 Å². The molecule has 2 aromatic heterocycles. The number of aromatic nitrogens is 2.